The summed E-state index contributed by atoms with van der Waals surface area (Å²) in [5, 5.41) is 17.9. The second-order valence-corrected chi connectivity index (χ2v) is 6.60. The predicted octanol–water partition coefficient (Wildman–Crippen LogP) is 0.229. The quantitative estimate of drug-likeness (QED) is 0.333. The molecular formula is C17H40N2O6. The maximum atomic E-state index is 9.18. The van der Waals surface area contributed by atoms with Crippen molar-refractivity contribution >= 4 is 0 Å². The molecule has 1 unspecified atom stereocenters. The van der Waals surface area contributed by atoms with E-state index in [2.05, 4.69) is 9.80 Å². The average Bonchev–Trinajstić information content (AvgIpc) is 2.45. The Bertz CT molecular complexity index is 258. The van der Waals surface area contributed by atoms with Crippen molar-refractivity contribution < 1.29 is 29.2 Å². The Morgan fingerprint density at radius 1 is 0.800 bits per heavy atom. The van der Waals surface area contributed by atoms with Crippen LogP contribution in [-0.4, -0.2) is 113 Å². The monoisotopic (exact) mass is 368 g/mol. The normalized spacial score (nSPS) is 13.1. The SMILES string of the molecule is CC(O)OCCOCCN(C)C.CN(C)CCOCCOC(C)(C)O. The number of aliphatic hydroxyl groups excluding tert-OH is 1. The number of nitrogens with zero attached hydrogens (tertiary/aromatic N) is 2. The second-order valence-electron chi connectivity index (χ2n) is 6.60. The molecule has 154 valence electrons. The van der Waals surface area contributed by atoms with Gasteiger partial charge in [-0.1, -0.05) is 0 Å². The third-order valence-electron chi connectivity index (χ3n) is 2.64. The van der Waals surface area contributed by atoms with Crippen LogP contribution in [0.15, 0.2) is 0 Å². The Morgan fingerprint density at radius 3 is 1.60 bits per heavy atom. The topological polar surface area (TPSA) is 83.9 Å². The largest absolute Gasteiger partial charge is 0.378 e. The molecule has 0 aromatic rings. The lowest BCUT2D eigenvalue weighted by molar-refractivity contribution is -0.183. The fraction of sp³-hybridized carbons (Fsp3) is 1.00. The molecule has 2 N–H and O–H groups in total. The standard InChI is InChI=1S/C9H21NO3.C8H19NO3/c1-9(2,11)13-8-7-12-6-5-10(3)4;1-8(10)12-7-6-11-5-4-9(2)3/h11H,5-8H2,1-4H3;8,10H,4-7H2,1-3H3. The Labute approximate surface area is 153 Å². The summed E-state index contributed by atoms with van der Waals surface area (Å²) in [7, 11) is 7.98. The van der Waals surface area contributed by atoms with Crippen LogP contribution in [0, 0.1) is 0 Å². The van der Waals surface area contributed by atoms with Crippen molar-refractivity contribution in [2.24, 2.45) is 0 Å². The van der Waals surface area contributed by atoms with Gasteiger partial charge in [-0.15, -0.1) is 0 Å². The lowest BCUT2D eigenvalue weighted by atomic mass is 10.4. The molecule has 1 atom stereocenters. The highest BCUT2D eigenvalue weighted by Gasteiger charge is 2.11. The third kappa shape index (κ3) is 31.9. The van der Waals surface area contributed by atoms with Crippen molar-refractivity contribution in [2.75, 3.05) is 80.9 Å². The van der Waals surface area contributed by atoms with Gasteiger partial charge in [0.05, 0.1) is 39.6 Å². The van der Waals surface area contributed by atoms with Gasteiger partial charge in [0.2, 0.25) is 0 Å². The second kappa shape index (κ2) is 17.1. The van der Waals surface area contributed by atoms with Gasteiger partial charge in [0.1, 0.15) is 0 Å². The number of likely N-dealkylation sites (N-methyl/N-ethyl adjacent to an activating group) is 2. The molecular weight excluding hydrogens is 328 g/mol. The maximum absolute atomic E-state index is 9.18. The van der Waals surface area contributed by atoms with Crippen molar-refractivity contribution in [1.82, 2.24) is 9.80 Å². The minimum atomic E-state index is -1.05. The molecule has 0 bridgehead atoms. The van der Waals surface area contributed by atoms with Crippen molar-refractivity contribution in [3.05, 3.63) is 0 Å². The van der Waals surface area contributed by atoms with E-state index in [0.717, 1.165) is 13.1 Å². The first kappa shape index (κ1) is 26.9. The summed E-state index contributed by atoms with van der Waals surface area (Å²) in [5.74, 6) is -1.05. The van der Waals surface area contributed by atoms with Crippen LogP contribution >= 0.6 is 0 Å². The summed E-state index contributed by atoms with van der Waals surface area (Å²) in [6, 6.07) is 0. The van der Waals surface area contributed by atoms with Gasteiger partial charge in [-0.2, -0.15) is 0 Å². The van der Waals surface area contributed by atoms with Crippen LogP contribution in [0.4, 0.5) is 0 Å². The molecule has 0 aliphatic rings. The zero-order chi connectivity index (χ0) is 19.7. The fourth-order valence-electron chi connectivity index (χ4n) is 1.33. The van der Waals surface area contributed by atoms with E-state index < -0.39 is 12.1 Å². The molecule has 25 heavy (non-hydrogen) atoms. The van der Waals surface area contributed by atoms with E-state index in [1.165, 1.54) is 0 Å². The summed E-state index contributed by atoms with van der Waals surface area (Å²) in [6.07, 6.45) is -0.692. The zero-order valence-electron chi connectivity index (χ0n) is 17.2. The molecule has 0 saturated heterocycles. The molecule has 0 spiro atoms. The summed E-state index contributed by atoms with van der Waals surface area (Å²) < 4.78 is 20.4. The van der Waals surface area contributed by atoms with Crippen molar-refractivity contribution in [2.45, 2.75) is 32.8 Å². The van der Waals surface area contributed by atoms with Crippen LogP contribution in [0.2, 0.25) is 0 Å². The van der Waals surface area contributed by atoms with Gasteiger partial charge in [-0.25, -0.2) is 0 Å². The van der Waals surface area contributed by atoms with Crippen LogP contribution in [0.25, 0.3) is 0 Å². The van der Waals surface area contributed by atoms with E-state index in [4.69, 9.17) is 24.1 Å². The number of ether oxygens (including phenoxy) is 4. The third-order valence-corrected chi connectivity index (χ3v) is 2.64. The van der Waals surface area contributed by atoms with E-state index in [-0.39, 0.29) is 0 Å². The Balaban J connectivity index is 0. The number of hydrogen-bond donors (Lipinski definition) is 2. The molecule has 0 saturated carbocycles. The molecule has 0 fully saturated rings. The summed E-state index contributed by atoms with van der Waals surface area (Å²) in [6.45, 7) is 9.95. The summed E-state index contributed by atoms with van der Waals surface area (Å²) in [4.78, 5) is 4.10. The molecule has 0 aliphatic heterocycles. The first-order chi connectivity index (χ1) is 11.5. The van der Waals surface area contributed by atoms with Gasteiger partial charge in [0.15, 0.2) is 12.1 Å². The average molecular weight is 369 g/mol. The molecule has 8 nitrogen and oxygen atoms in total. The van der Waals surface area contributed by atoms with Crippen molar-refractivity contribution in [3.63, 3.8) is 0 Å². The van der Waals surface area contributed by atoms with Gasteiger partial charge in [-0.05, 0) is 49.0 Å². The Hall–Kier alpha value is -0.320. The van der Waals surface area contributed by atoms with E-state index >= 15 is 0 Å². The van der Waals surface area contributed by atoms with Crippen LogP contribution in [0.3, 0.4) is 0 Å². The number of aliphatic hydroxyl groups is 2. The smallest absolute Gasteiger partial charge is 0.159 e. The fourth-order valence-corrected chi connectivity index (χ4v) is 1.33. The van der Waals surface area contributed by atoms with Gasteiger partial charge in [0, 0.05) is 13.1 Å². The molecule has 0 amide bonds. The van der Waals surface area contributed by atoms with Crippen molar-refractivity contribution in [3.8, 4) is 0 Å². The van der Waals surface area contributed by atoms with Crippen LogP contribution in [0.1, 0.15) is 20.8 Å². The van der Waals surface area contributed by atoms with Gasteiger partial charge in [0.25, 0.3) is 0 Å². The first-order valence-electron chi connectivity index (χ1n) is 8.65. The van der Waals surface area contributed by atoms with Gasteiger partial charge in [-0.3, -0.25) is 0 Å². The predicted molar refractivity (Wildman–Crippen MR) is 98.6 cm³/mol. The molecule has 0 heterocycles. The van der Waals surface area contributed by atoms with E-state index in [9.17, 15) is 5.11 Å². The molecule has 8 heteroatoms. The van der Waals surface area contributed by atoms with Crippen LogP contribution < -0.4 is 0 Å². The summed E-state index contributed by atoms with van der Waals surface area (Å²) >= 11 is 0. The lowest BCUT2D eigenvalue weighted by Gasteiger charge is -2.18. The van der Waals surface area contributed by atoms with Crippen LogP contribution in [-0.2, 0) is 18.9 Å². The first-order valence-corrected chi connectivity index (χ1v) is 8.65. The van der Waals surface area contributed by atoms with Crippen molar-refractivity contribution in [1.29, 1.82) is 0 Å². The summed E-state index contributed by atoms with van der Waals surface area (Å²) in [5.41, 5.74) is 0. The lowest BCUT2D eigenvalue weighted by Crippen LogP contribution is -2.26. The molecule has 0 aromatic heterocycles. The minimum absolute atomic E-state index is 0.428. The minimum Gasteiger partial charge on any atom is -0.378 e. The number of rotatable bonds is 14. The number of hydrogen-bond acceptors (Lipinski definition) is 8. The highest BCUT2D eigenvalue weighted by molar-refractivity contribution is 4.47. The Kier molecular flexibility index (Phi) is 18.4. The van der Waals surface area contributed by atoms with Gasteiger partial charge >= 0.3 is 0 Å². The zero-order valence-corrected chi connectivity index (χ0v) is 17.2. The van der Waals surface area contributed by atoms with E-state index in [1.54, 1.807) is 20.8 Å². The van der Waals surface area contributed by atoms with E-state index in [1.807, 2.05) is 28.2 Å². The molecule has 0 aromatic carbocycles. The maximum Gasteiger partial charge on any atom is 0.159 e. The molecule has 0 radical (unpaired) electrons. The Morgan fingerprint density at radius 2 is 1.24 bits per heavy atom. The van der Waals surface area contributed by atoms with Gasteiger partial charge < -0.3 is 39.0 Å². The van der Waals surface area contributed by atoms with E-state index in [0.29, 0.717) is 39.6 Å². The van der Waals surface area contributed by atoms with Crippen LogP contribution in [0.5, 0.6) is 0 Å². The molecule has 0 rings (SSSR count). The highest BCUT2D eigenvalue weighted by Crippen LogP contribution is 2.01. The highest BCUT2D eigenvalue weighted by atomic mass is 16.6. The molecule has 0 aliphatic carbocycles.